The van der Waals surface area contributed by atoms with E-state index in [4.69, 9.17) is 4.74 Å². The summed E-state index contributed by atoms with van der Waals surface area (Å²) in [7, 11) is 0. The molecule has 3 aromatic rings. The van der Waals surface area contributed by atoms with Crippen molar-refractivity contribution in [2.24, 2.45) is 0 Å². The third kappa shape index (κ3) is 4.47. The van der Waals surface area contributed by atoms with Gasteiger partial charge in [-0.2, -0.15) is 0 Å². The molecule has 0 saturated carbocycles. The van der Waals surface area contributed by atoms with Gasteiger partial charge in [-0.1, -0.05) is 91.0 Å². The summed E-state index contributed by atoms with van der Waals surface area (Å²) in [5, 5.41) is 3.68. The van der Waals surface area contributed by atoms with E-state index in [0.717, 1.165) is 19.6 Å². The van der Waals surface area contributed by atoms with Crippen LogP contribution in [0.1, 0.15) is 41.6 Å². The molecule has 27 heavy (non-hydrogen) atoms. The molecular weight excluding hydrogens is 330 g/mol. The molecule has 0 bridgehead atoms. The number of benzene rings is 3. The maximum Gasteiger partial charge on any atom is 0.108 e. The summed E-state index contributed by atoms with van der Waals surface area (Å²) in [6.45, 7) is 1.83. The molecule has 0 aromatic heterocycles. The lowest BCUT2D eigenvalue weighted by Gasteiger charge is -2.23. The van der Waals surface area contributed by atoms with Gasteiger partial charge in [0, 0.05) is 18.6 Å². The molecule has 1 fully saturated rings. The predicted octanol–water partition coefficient (Wildman–Crippen LogP) is 5.33. The molecule has 1 saturated heterocycles. The molecule has 1 aliphatic heterocycles. The molecule has 138 valence electrons. The standard InChI is InChI=1S/C25H27NO/c1-4-10-20(11-5-1)23-16-18-26-24(23)17-19-27-25(21-12-6-2-7-13-21)22-14-8-3-9-15-22/h1-15,23-26H,16-19H2. The fourth-order valence-corrected chi connectivity index (χ4v) is 4.12. The first-order valence-corrected chi connectivity index (χ1v) is 9.91. The molecule has 1 N–H and O–H groups in total. The van der Waals surface area contributed by atoms with E-state index in [-0.39, 0.29) is 6.10 Å². The van der Waals surface area contributed by atoms with E-state index in [0.29, 0.717) is 12.0 Å². The molecule has 0 amide bonds. The average Bonchev–Trinajstić information content (AvgIpc) is 3.22. The van der Waals surface area contributed by atoms with Crippen LogP contribution in [0.15, 0.2) is 91.0 Å². The van der Waals surface area contributed by atoms with Gasteiger partial charge >= 0.3 is 0 Å². The van der Waals surface area contributed by atoms with Crippen LogP contribution >= 0.6 is 0 Å². The van der Waals surface area contributed by atoms with E-state index in [1.165, 1.54) is 23.1 Å². The van der Waals surface area contributed by atoms with E-state index in [9.17, 15) is 0 Å². The van der Waals surface area contributed by atoms with Gasteiger partial charge in [0.2, 0.25) is 0 Å². The van der Waals surface area contributed by atoms with Gasteiger partial charge in [-0.15, -0.1) is 0 Å². The van der Waals surface area contributed by atoms with E-state index < -0.39 is 0 Å². The molecule has 0 spiro atoms. The van der Waals surface area contributed by atoms with Crippen LogP contribution in [0.4, 0.5) is 0 Å². The van der Waals surface area contributed by atoms with Crippen LogP contribution in [-0.4, -0.2) is 19.2 Å². The van der Waals surface area contributed by atoms with Gasteiger partial charge in [0.05, 0.1) is 0 Å². The SMILES string of the molecule is c1ccc(C(OCCC2NCCC2c2ccccc2)c2ccccc2)cc1. The van der Waals surface area contributed by atoms with Crippen molar-refractivity contribution in [3.05, 3.63) is 108 Å². The lowest BCUT2D eigenvalue weighted by molar-refractivity contribution is 0.0727. The normalized spacial score (nSPS) is 19.4. The zero-order valence-corrected chi connectivity index (χ0v) is 15.6. The van der Waals surface area contributed by atoms with Crippen molar-refractivity contribution in [3.8, 4) is 0 Å². The minimum Gasteiger partial charge on any atom is -0.369 e. The van der Waals surface area contributed by atoms with Gasteiger partial charge in [0.1, 0.15) is 6.10 Å². The second kappa shape index (κ2) is 8.98. The molecule has 0 aliphatic carbocycles. The van der Waals surface area contributed by atoms with Gasteiger partial charge in [-0.3, -0.25) is 0 Å². The monoisotopic (exact) mass is 357 g/mol. The quantitative estimate of drug-likeness (QED) is 0.617. The minimum atomic E-state index is -0.0102. The smallest absolute Gasteiger partial charge is 0.108 e. The van der Waals surface area contributed by atoms with Crippen molar-refractivity contribution in [3.63, 3.8) is 0 Å². The van der Waals surface area contributed by atoms with Crippen molar-refractivity contribution < 1.29 is 4.74 Å². The summed E-state index contributed by atoms with van der Waals surface area (Å²) < 4.78 is 6.42. The van der Waals surface area contributed by atoms with Gasteiger partial charge in [0.15, 0.2) is 0 Å². The van der Waals surface area contributed by atoms with Crippen molar-refractivity contribution in [2.75, 3.05) is 13.2 Å². The Hall–Kier alpha value is -2.42. The number of nitrogens with one attached hydrogen (secondary N) is 1. The van der Waals surface area contributed by atoms with Crippen LogP contribution in [0.3, 0.4) is 0 Å². The third-order valence-electron chi connectivity index (χ3n) is 5.49. The lowest BCUT2D eigenvalue weighted by atomic mass is 9.90. The lowest BCUT2D eigenvalue weighted by Crippen LogP contribution is -2.27. The fourth-order valence-electron chi connectivity index (χ4n) is 4.12. The predicted molar refractivity (Wildman–Crippen MR) is 111 cm³/mol. The van der Waals surface area contributed by atoms with Crippen LogP contribution in [0.5, 0.6) is 0 Å². The highest BCUT2D eigenvalue weighted by atomic mass is 16.5. The summed E-state index contributed by atoms with van der Waals surface area (Å²) in [5.41, 5.74) is 3.86. The Bertz CT molecular complexity index is 764. The Morgan fingerprint density at radius 1 is 0.778 bits per heavy atom. The first kappa shape index (κ1) is 18.0. The highest BCUT2D eigenvalue weighted by Gasteiger charge is 2.28. The second-order valence-electron chi connectivity index (χ2n) is 7.23. The van der Waals surface area contributed by atoms with Crippen molar-refractivity contribution >= 4 is 0 Å². The first-order valence-electron chi connectivity index (χ1n) is 9.91. The van der Waals surface area contributed by atoms with Crippen molar-refractivity contribution in [1.29, 1.82) is 0 Å². The largest absolute Gasteiger partial charge is 0.369 e. The van der Waals surface area contributed by atoms with Crippen LogP contribution < -0.4 is 5.32 Å². The third-order valence-corrected chi connectivity index (χ3v) is 5.49. The number of hydrogen-bond donors (Lipinski definition) is 1. The molecule has 1 aliphatic rings. The summed E-state index contributed by atoms with van der Waals surface area (Å²) in [6, 6.07) is 32.4. The van der Waals surface area contributed by atoms with Crippen LogP contribution in [0.25, 0.3) is 0 Å². The number of rotatable bonds is 7. The van der Waals surface area contributed by atoms with Gasteiger partial charge in [0.25, 0.3) is 0 Å². The van der Waals surface area contributed by atoms with Crippen molar-refractivity contribution in [2.45, 2.75) is 30.9 Å². The number of ether oxygens (including phenoxy) is 1. The molecule has 0 radical (unpaired) electrons. The molecule has 2 heteroatoms. The highest BCUT2D eigenvalue weighted by molar-refractivity contribution is 5.30. The average molecular weight is 357 g/mol. The number of hydrogen-bond acceptors (Lipinski definition) is 2. The van der Waals surface area contributed by atoms with Crippen LogP contribution in [0.2, 0.25) is 0 Å². The maximum atomic E-state index is 6.42. The maximum absolute atomic E-state index is 6.42. The molecule has 4 rings (SSSR count). The molecule has 2 atom stereocenters. The van der Waals surface area contributed by atoms with E-state index in [1.54, 1.807) is 0 Å². The zero-order valence-electron chi connectivity index (χ0n) is 15.6. The summed E-state index contributed by atoms with van der Waals surface area (Å²) in [6.07, 6.45) is 2.22. The van der Waals surface area contributed by atoms with Gasteiger partial charge in [-0.25, -0.2) is 0 Å². The Morgan fingerprint density at radius 3 is 1.93 bits per heavy atom. The Kier molecular flexibility index (Phi) is 5.98. The Balaban J connectivity index is 1.42. The summed E-state index contributed by atoms with van der Waals surface area (Å²) in [4.78, 5) is 0. The zero-order chi connectivity index (χ0) is 18.3. The van der Waals surface area contributed by atoms with E-state index >= 15 is 0 Å². The van der Waals surface area contributed by atoms with E-state index in [1.807, 2.05) is 0 Å². The van der Waals surface area contributed by atoms with E-state index in [2.05, 4.69) is 96.3 Å². The van der Waals surface area contributed by atoms with Crippen molar-refractivity contribution in [1.82, 2.24) is 5.32 Å². The molecular formula is C25H27NO. The summed E-state index contributed by atoms with van der Waals surface area (Å²) in [5.74, 6) is 0.585. The fraction of sp³-hybridized carbons (Fsp3) is 0.280. The highest BCUT2D eigenvalue weighted by Crippen LogP contribution is 2.31. The second-order valence-corrected chi connectivity index (χ2v) is 7.23. The molecule has 2 nitrogen and oxygen atoms in total. The topological polar surface area (TPSA) is 21.3 Å². The Morgan fingerprint density at radius 2 is 1.33 bits per heavy atom. The minimum absolute atomic E-state index is 0.0102. The first-order chi connectivity index (χ1) is 13.4. The van der Waals surface area contributed by atoms with Gasteiger partial charge < -0.3 is 10.1 Å². The molecule has 3 aromatic carbocycles. The Labute approximate surface area is 162 Å². The molecule has 1 heterocycles. The van der Waals surface area contributed by atoms with Crippen LogP contribution in [-0.2, 0) is 4.74 Å². The molecule has 2 unspecified atom stereocenters. The summed E-state index contributed by atoms with van der Waals surface area (Å²) >= 11 is 0. The van der Waals surface area contributed by atoms with Crippen LogP contribution in [0, 0.1) is 0 Å². The van der Waals surface area contributed by atoms with Gasteiger partial charge in [-0.05, 0) is 36.1 Å².